The van der Waals surface area contributed by atoms with Crippen molar-refractivity contribution >= 4 is 33.2 Å². The van der Waals surface area contributed by atoms with Gasteiger partial charge in [0.05, 0.1) is 30.3 Å². The van der Waals surface area contributed by atoms with Crippen LogP contribution in [0, 0.1) is 0 Å². The summed E-state index contributed by atoms with van der Waals surface area (Å²) in [5, 5.41) is 3.27. The van der Waals surface area contributed by atoms with Crippen molar-refractivity contribution in [1.82, 2.24) is 4.90 Å². The number of anilines is 1. The molecule has 1 aromatic rings. The third kappa shape index (κ3) is 3.14. The van der Waals surface area contributed by atoms with E-state index in [-0.39, 0.29) is 17.5 Å². The lowest BCUT2D eigenvalue weighted by molar-refractivity contribution is -0.0267. The van der Waals surface area contributed by atoms with Crippen molar-refractivity contribution in [3.63, 3.8) is 0 Å². The number of carbonyl (C=O) groups is 1. The van der Waals surface area contributed by atoms with E-state index < -0.39 is 22.0 Å². The molecule has 21 heavy (non-hydrogen) atoms. The van der Waals surface area contributed by atoms with Gasteiger partial charge in [-0.1, -0.05) is 17.7 Å². The van der Waals surface area contributed by atoms with E-state index in [4.69, 9.17) is 16.3 Å². The molecule has 0 aromatic heterocycles. The second-order valence-corrected chi connectivity index (χ2v) is 7.78. The number of rotatable bonds is 1. The van der Waals surface area contributed by atoms with Gasteiger partial charge in [-0.2, -0.15) is 0 Å². The van der Waals surface area contributed by atoms with Gasteiger partial charge >= 0.3 is 6.03 Å². The molecule has 2 aliphatic heterocycles. The average Bonchev–Trinajstić information content (AvgIpc) is 2.72. The van der Waals surface area contributed by atoms with Gasteiger partial charge in [0, 0.05) is 17.3 Å². The molecule has 2 atom stereocenters. The van der Waals surface area contributed by atoms with Crippen LogP contribution < -0.4 is 5.32 Å². The number of fused-ring (bicyclic) bond motifs is 1. The van der Waals surface area contributed by atoms with Crippen molar-refractivity contribution in [2.24, 2.45) is 0 Å². The maximum Gasteiger partial charge on any atom is 0.322 e. The van der Waals surface area contributed by atoms with Crippen LogP contribution in [-0.4, -0.2) is 56.2 Å². The molecule has 0 radical (unpaired) electrons. The normalized spacial score (nSPS) is 27.2. The summed E-state index contributed by atoms with van der Waals surface area (Å²) in [6.07, 6.45) is -0.422. The number of urea groups is 1. The van der Waals surface area contributed by atoms with Crippen LogP contribution in [0.1, 0.15) is 0 Å². The van der Waals surface area contributed by atoms with Crippen LogP contribution >= 0.6 is 11.6 Å². The van der Waals surface area contributed by atoms with E-state index in [1.807, 2.05) is 0 Å². The van der Waals surface area contributed by atoms with Crippen molar-refractivity contribution < 1.29 is 17.9 Å². The predicted molar refractivity (Wildman–Crippen MR) is 79.4 cm³/mol. The van der Waals surface area contributed by atoms with Gasteiger partial charge in [0.15, 0.2) is 9.84 Å². The molecule has 3 rings (SSSR count). The average molecular weight is 331 g/mol. The molecule has 2 heterocycles. The van der Waals surface area contributed by atoms with Crippen LogP contribution in [0.4, 0.5) is 10.5 Å². The van der Waals surface area contributed by atoms with Gasteiger partial charge < -0.3 is 15.0 Å². The Labute approximate surface area is 127 Å². The zero-order valence-corrected chi connectivity index (χ0v) is 12.7. The lowest BCUT2D eigenvalue weighted by Crippen LogP contribution is -2.54. The molecule has 0 aliphatic carbocycles. The Bertz CT molecular complexity index is 664. The first-order valence-electron chi connectivity index (χ1n) is 6.60. The molecule has 6 nitrogen and oxygen atoms in total. The Morgan fingerprint density at radius 3 is 2.95 bits per heavy atom. The number of nitrogens with zero attached hydrogens (tertiary/aromatic N) is 1. The van der Waals surface area contributed by atoms with Gasteiger partial charge in [0.2, 0.25) is 0 Å². The number of benzene rings is 1. The molecule has 2 unspecified atom stereocenters. The summed E-state index contributed by atoms with van der Waals surface area (Å²) >= 11 is 5.88. The third-order valence-electron chi connectivity index (χ3n) is 3.67. The summed E-state index contributed by atoms with van der Waals surface area (Å²) in [7, 11) is -3.14. The topological polar surface area (TPSA) is 75.7 Å². The lowest BCUT2D eigenvalue weighted by Gasteiger charge is -2.36. The number of hydrogen-bond acceptors (Lipinski definition) is 4. The van der Waals surface area contributed by atoms with E-state index in [0.717, 1.165) is 0 Å². The van der Waals surface area contributed by atoms with Gasteiger partial charge in [-0.05, 0) is 18.2 Å². The zero-order chi connectivity index (χ0) is 15.0. The first kappa shape index (κ1) is 14.6. The van der Waals surface area contributed by atoms with Crippen molar-refractivity contribution in [2.45, 2.75) is 12.1 Å². The molecule has 0 saturated carbocycles. The minimum atomic E-state index is -3.14. The smallest absolute Gasteiger partial charge is 0.322 e. The second-order valence-electron chi connectivity index (χ2n) is 5.19. The first-order chi connectivity index (χ1) is 9.94. The predicted octanol–water partition coefficient (Wildman–Crippen LogP) is 1.37. The standard InChI is InChI=1S/C13H15ClN2O4S/c14-9-2-1-3-10(6-9)15-13(17)16-4-5-20-12-8-21(18,19)7-11(12)16/h1-3,6,11-12H,4-5,7-8H2,(H,15,17). The molecule has 0 bridgehead atoms. The number of hydrogen-bond donors (Lipinski definition) is 1. The summed E-state index contributed by atoms with van der Waals surface area (Å²) in [6, 6.07) is 6.08. The fourth-order valence-corrected chi connectivity index (χ4v) is 4.79. The summed E-state index contributed by atoms with van der Waals surface area (Å²) in [4.78, 5) is 13.9. The first-order valence-corrected chi connectivity index (χ1v) is 8.80. The van der Waals surface area contributed by atoms with E-state index in [2.05, 4.69) is 5.32 Å². The van der Waals surface area contributed by atoms with Gasteiger partial charge in [0.25, 0.3) is 0 Å². The van der Waals surface area contributed by atoms with E-state index in [1.54, 1.807) is 29.2 Å². The monoisotopic (exact) mass is 330 g/mol. The molecule has 0 spiro atoms. The number of halogens is 1. The van der Waals surface area contributed by atoms with Crippen molar-refractivity contribution in [3.8, 4) is 0 Å². The second kappa shape index (κ2) is 5.47. The zero-order valence-electron chi connectivity index (χ0n) is 11.2. The molecule has 2 saturated heterocycles. The van der Waals surface area contributed by atoms with Crippen LogP contribution in [0.25, 0.3) is 0 Å². The van der Waals surface area contributed by atoms with E-state index in [9.17, 15) is 13.2 Å². The van der Waals surface area contributed by atoms with Crippen LogP contribution in [0.3, 0.4) is 0 Å². The van der Waals surface area contributed by atoms with Crippen molar-refractivity contribution in [1.29, 1.82) is 0 Å². The van der Waals surface area contributed by atoms with Crippen LogP contribution in [0.15, 0.2) is 24.3 Å². The molecule has 2 aliphatic rings. The molecule has 2 fully saturated rings. The minimum Gasteiger partial charge on any atom is -0.373 e. The van der Waals surface area contributed by atoms with Crippen LogP contribution in [0.2, 0.25) is 5.02 Å². The van der Waals surface area contributed by atoms with E-state index >= 15 is 0 Å². The Hall–Kier alpha value is -1.31. The van der Waals surface area contributed by atoms with Gasteiger partial charge in [-0.25, -0.2) is 13.2 Å². The van der Waals surface area contributed by atoms with Crippen molar-refractivity contribution in [3.05, 3.63) is 29.3 Å². The number of sulfone groups is 1. The van der Waals surface area contributed by atoms with Crippen LogP contribution in [-0.2, 0) is 14.6 Å². The molecular formula is C13H15ClN2O4S. The molecular weight excluding hydrogens is 316 g/mol. The number of carbonyl (C=O) groups excluding carboxylic acids is 1. The molecule has 2 amide bonds. The number of nitrogens with one attached hydrogen (secondary N) is 1. The highest BCUT2D eigenvalue weighted by Gasteiger charge is 2.45. The highest BCUT2D eigenvalue weighted by molar-refractivity contribution is 7.91. The summed E-state index contributed by atoms with van der Waals surface area (Å²) < 4.78 is 28.9. The number of ether oxygens (including phenoxy) is 1. The molecule has 8 heteroatoms. The maximum atomic E-state index is 12.4. The molecule has 114 valence electrons. The van der Waals surface area contributed by atoms with Crippen molar-refractivity contribution in [2.75, 3.05) is 30.0 Å². The Balaban J connectivity index is 1.75. The minimum absolute atomic E-state index is 0.0153. The Morgan fingerprint density at radius 1 is 1.38 bits per heavy atom. The highest BCUT2D eigenvalue weighted by atomic mass is 35.5. The number of amides is 2. The highest BCUT2D eigenvalue weighted by Crippen LogP contribution is 2.25. The van der Waals surface area contributed by atoms with E-state index in [1.165, 1.54) is 0 Å². The molecule has 1 aromatic carbocycles. The van der Waals surface area contributed by atoms with Gasteiger partial charge in [-0.3, -0.25) is 0 Å². The summed E-state index contributed by atoms with van der Waals surface area (Å²) in [5.41, 5.74) is 0.580. The van der Waals surface area contributed by atoms with Gasteiger partial charge in [0.1, 0.15) is 0 Å². The summed E-state index contributed by atoms with van der Waals surface area (Å²) in [5.74, 6) is -0.0563. The maximum absolute atomic E-state index is 12.4. The molecule has 1 N–H and O–H groups in total. The van der Waals surface area contributed by atoms with E-state index in [0.29, 0.717) is 23.9 Å². The largest absolute Gasteiger partial charge is 0.373 e. The quantitative estimate of drug-likeness (QED) is 0.844. The Morgan fingerprint density at radius 2 is 2.19 bits per heavy atom. The van der Waals surface area contributed by atoms with Gasteiger partial charge in [-0.15, -0.1) is 0 Å². The SMILES string of the molecule is O=C(Nc1cccc(Cl)c1)N1CCOC2CS(=O)(=O)CC21. The third-order valence-corrected chi connectivity index (χ3v) is 5.59. The Kier molecular flexibility index (Phi) is 3.81. The van der Waals surface area contributed by atoms with Crippen LogP contribution in [0.5, 0.6) is 0 Å². The number of morpholine rings is 1. The fraction of sp³-hybridized carbons (Fsp3) is 0.462. The summed E-state index contributed by atoms with van der Waals surface area (Å²) in [6.45, 7) is 0.725. The fourth-order valence-electron chi connectivity index (χ4n) is 2.73. The lowest BCUT2D eigenvalue weighted by atomic mass is 10.1.